The maximum Gasteiger partial charge on any atom is 0.306 e. The maximum atomic E-state index is 12.9. The smallest absolute Gasteiger partial charge is 0.306 e. The van der Waals surface area contributed by atoms with Crippen LogP contribution >= 0.6 is 0 Å². The number of esters is 3. The zero-order chi connectivity index (χ0) is 53.6. The van der Waals surface area contributed by atoms with Gasteiger partial charge in [-0.05, 0) is 89.9 Å². The van der Waals surface area contributed by atoms with Crippen molar-refractivity contribution in [2.75, 3.05) is 13.2 Å². The summed E-state index contributed by atoms with van der Waals surface area (Å²) in [7, 11) is 0. The van der Waals surface area contributed by atoms with Gasteiger partial charge >= 0.3 is 17.9 Å². The first kappa shape index (κ1) is 71.1. The summed E-state index contributed by atoms with van der Waals surface area (Å²) in [5.74, 6) is -0.875. The monoisotopic (exact) mass is 1030 g/mol. The number of ether oxygens (including phenoxy) is 3. The van der Waals surface area contributed by atoms with E-state index in [1.54, 1.807) is 0 Å². The second-order valence-electron chi connectivity index (χ2n) is 21.7. The fourth-order valence-corrected chi connectivity index (χ4v) is 9.36. The van der Waals surface area contributed by atoms with Crippen molar-refractivity contribution < 1.29 is 28.6 Å². The van der Waals surface area contributed by atoms with Crippen LogP contribution in [-0.2, 0) is 28.6 Å². The molecule has 0 aliphatic carbocycles. The van der Waals surface area contributed by atoms with E-state index in [4.69, 9.17) is 14.2 Å². The van der Waals surface area contributed by atoms with E-state index in [0.29, 0.717) is 19.3 Å². The number of carbonyl (C=O) groups is 3. The quantitative estimate of drug-likeness (QED) is 0.0261. The van der Waals surface area contributed by atoms with Gasteiger partial charge in [0.1, 0.15) is 13.2 Å². The highest BCUT2D eigenvalue weighted by molar-refractivity contribution is 5.71. The van der Waals surface area contributed by atoms with Gasteiger partial charge < -0.3 is 14.2 Å². The van der Waals surface area contributed by atoms with E-state index in [2.05, 4.69) is 81.5 Å². The Morgan fingerprint density at radius 3 is 0.757 bits per heavy atom. The molecule has 0 saturated heterocycles. The van der Waals surface area contributed by atoms with Crippen LogP contribution in [0.2, 0.25) is 0 Å². The van der Waals surface area contributed by atoms with Crippen LogP contribution < -0.4 is 0 Å². The van der Waals surface area contributed by atoms with Crippen LogP contribution in [0, 0.1) is 0 Å². The van der Waals surface area contributed by atoms with Crippen molar-refractivity contribution in [3.63, 3.8) is 0 Å². The van der Waals surface area contributed by atoms with Gasteiger partial charge in [-0.25, -0.2) is 0 Å². The zero-order valence-corrected chi connectivity index (χ0v) is 49.4. The van der Waals surface area contributed by atoms with Gasteiger partial charge in [-0.3, -0.25) is 14.4 Å². The highest BCUT2D eigenvalue weighted by atomic mass is 16.6. The largest absolute Gasteiger partial charge is 0.462 e. The van der Waals surface area contributed by atoms with E-state index in [1.165, 1.54) is 205 Å². The number of rotatable bonds is 59. The molecule has 0 bridgehead atoms. The van der Waals surface area contributed by atoms with Crippen molar-refractivity contribution in [2.24, 2.45) is 0 Å². The lowest BCUT2D eigenvalue weighted by molar-refractivity contribution is -0.167. The van der Waals surface area contributed by atoms with Crippen LogP contribution in [-0.4, -0.2) is 37.2 Å². The Balaban J connectivity index is 4.32. The van der Waals surface area contributed by atoms with E-state index < -0.39 is 6.10 Å². The zero-order valence-electron chi connectivity index (χ0n) is 49.4. The third-order valence-electron chi connectivity index (χ3n) is 14.2. The second-order valence-corrected chi connectivity index (χ2v) is 21.7. The van der Waals surface area contributed by atoms with Gasteiger partial charge in [0, 0.05) is 19.3 Å². The molecule has 0 N–H and O–H groups in total. The summed E-state index contributed by atoms with van der Waals surface area (Å²) >= 11 is 0. The van der Waals surface area contributed by atoms with Crippen LogP contribution in [0.1, 0.15) is 335 Å². The predicted octanol–water partition coefficient (Wildman–Crippen LogP) is 21.9. The molecule has 1 atom stereocenters. The molecule has 430 valence electrons. The summed E-state index contributed by atoms with van der Waals surface area (Å²) in [6.45, 7) is 6.64. The predicted molar refractivity (Wildman–Crippen MR) is 321 cm³/mol. The van der Waals surface area contributed by atoms with Crippen molar-refractivity contribution in [1.82, 2.24) is 0 Å². The summed E-state index contributed by atoms with van der Waals surface area (Å²) in [5, 5.41) is 0. The highest BCUT2D eigenvalue weighted by Crippen LogP contribution is 2.16. The van der Waals surface area contributed by atoms with Crippen molar-refractivity contribution in [3.05, 3.63) is 60.8 Å². The average Bonchev–Trinajstić information content (AvgIpc) is 3.40. The lowest BCUT2D eigenvalue weighted by Gasteiger charge is -2.18. The molecule has 6 heteroatoms. The summed E-state index contributed by atoms with van der Waals surface area (Å²) < 4.78 is 16.9. The number of hydrogen-bond acceptors (Lipinski definition) is 6. The minimum Gasteiger partial charge on any atom is -0.462 e. The Morgan fingerprint density at radius 1 is 0.270 bits per heavy atom. The van der Waals surface area contributed by atoms with Crippen molar-refractivity contribution in [2.45, 2.75) is 341 Å². The number of unbranched alkanes of at least 4 members (excludes halogenated alkanes) is 38. The molecule has 0 fully saturated rings. The Kier molecular flexibility index (Phi) is 60.2. The molecule has 0 aromatic carbocycles. The Morgan fingerprint density at radius 2 is 0.486 bits per heavy atom. The van der Waals surface area contributed by atoms with Crippen molar-refractivity contribution in [1.29, 1.82) is 0 Å². The molecule has 0 radical (unpaired) electrons. The van der Waals surface area contributed by atoms with Gasteiger partial charge in [-0.1, -0.05) is 287 Å². The van der Waals surface area contributed by atoms with Gasteiger partial charge in [0.2, 0.25) is 0 Å². The van der Waals surface area contributed by atoms with E-state index >= 15 is 0 Å². The van der Waals surface area contributed by atoms with Crippen LogP contribution in [0.15, 0.2) is 60.8 Å². The van der Waals surface area contributed by atoms with Gasteiger partial charge in [-0.2, -0.15) is 0 Å². The fourth-order valence-electron chi connectivity index (χ4n) is 9.36. The first-order valence-electron chi connectivity index (χ1n) is 32.3. The van der Waals surface area contributed by atoms with Crippen LogP contribution in [0.5, 0.6) is 0 Å². The molecular formula is C68H122O6. The fraction of sp³-hybridized carbons (Fsp3) is 0.809. The van der Waals surface area contributed by atoms with E-state index in [0.717, 1.165) is 89.9 Å². The summed E-state index contributed by atoms with van der Waals surface area (Å²) in [5.41, 5.74) is 0. The Labute approximate surface area is 460 Å². The minimum atomic E-state index is -0.781. The first-order chi connectivity index (χ1) is 36.5. The van der Waals surface area contributed by atoms with Crippen molar-refractivity contribution >= 4 is 17.9 Å². The van der Waals surface area contributed by atoms with Crippen LogP contribution in [0.4, 0.5) is 0 Å². The molecule has 0 amide bonds. The second kappa shape index (κ2) is 62.6. The molecule has 0 aromatic heterocycles. The SMILES string of the molecule is CCCCCCC/C=C\C/C=C\C/C=C\CCCCCCCCC(=O)OC(COC(=O)CCCCCCCCCCCCCC)COC(=O)CCCCCCCCCCCCC/C=C\C/C=C\CCCCCCC. The maximum absolute atomic E-state index is 12.9. The van der Waals surface area contributed by atoms with Crippen LogP contribution in [0.25, 0.3) is 0 Å². The van der Waals surface area contributed by atoms with E-state index in [9.17, 15) is 14.4 Å². The normalized spacial score (nSPS) is 12.4. The van der Waals surface area contributed by atoms with Gasteiger partial charge in [-0.15, -0.1) is 0 Å². The summed E-state index contributed by atoms with van der Waals surface area (Å²) in [4.78, 5) is 38.3. The molecule has 0 saturated carbocycles. The molecule has 1 unspecified atom stereocenters. The number of allylic oxidation sites excluding steroid dienone is 10. The third-order valence-corrected chi connectivity index (χ3v) is 14.2. The number of hydrogen-bond donors (Lipinski definition) is 0. The minimum absolute atomic E-state index is 0.0771. The molecule has 0 heterocycles. The third kappa shape index (κ3) is 60.0. The summed E-state index contributed by atoms with van der Waals surface area (Å²) in [6.07, 6.45) is 79.4. The van der Waals surface area contributed by atoms with Gasteiger partial charge in [0.05, 0.1) is 0 Å². The van der Waals surface area contributed by atoms with E-state index in [1.807, 2.05) is 0 Å². The molecule has 74 heavy (non-hydrogen) atoms. The average molecular weight is 1040 g/mol. The molecule has 0 aliphatic heterocycles. The first-order valence-corrected chi connectivity index (χ1v) is 32.3. The molecule has 0 aromatic rings. The van der Waals surface area contributed by atoms with Crippen molar-refractivity contribution in [3.8, 4) is 0 Å². The standard InChI is InChI=1S/C68H122O6/c1-4-7-10-13-16-19-22-25-27-29-31-33-34-36-37-39-41-43-46-49-52-55-58-61-67(70)73-64-65(63-72-66(69)60-57-54-51-48-45-24-21-18-15-12-9-6-3)74-68(71)62-59-56-53-50-47-44-42-40-38-35-32-30-28-26-23-20-17-14-11-8-5-2/h22-23,25-26,29-32,38,40,65H,4-21,24,27-28,33-37,39,41-64H2,1-3H3/b25-22-,26-23-,31-29-,32-30-,40-38-. The molecular weight excluding hydrogens is 913 g/mol. The van der Waals surface area contributed by atoms with Gasteiger partial charge in [0.15, 0.2) is 6.10 Å². The number of carbonyl (C=O) groups excluding carboxylic acids is 3. The molecule has 0 spiro atoms. The Bertz CT molecular complexity index is 1330. The highest BCUT2D eigenvalue weighted by Gasteiger charge is 2.19. The molecule has 6 nitrogen and oxygen atoms in total. The lowest BCUT2D eigenvalue weighted by Crippen LogP contribution is -2.30. The Hall–Kier alpha value is -2.89. The van der Waals surface area contributed by atoms with Gasteiger partial charge in [0.25, 0.3) is 0 Å². The molecule has 0 rings (SSSR count). The molecule has 0 aliphatic rings. The topological polar surface area (TPSA) is 78.9 Å². The lowest BCUT2D eigenvalue weighted by atomic mass is 10.0. The van der Waals surface area contributed by atoms with E-state index in [-0.39, 0.29) is 31.1 Å². The van der Waals surface area contributed by atoms with Crippen LogP contribution in [0.3, 0.4) is 0 Å². The summed E-state index contributed by atoms with van der Waals surface area (Å²) in [6, 6.07) is 0.